The molecule has 0 saturated carbocycles. The SMILES string of the molecule is CC1(C)OCC(COCc2cc(Br)sc2Br)O1. The van der Waals surface area contributed by atoms with Crippen LogP contribution in [0.5, 0.6) is 0 Å². The molecular formula is C11H14Br2O3S. The number of thiophene rings is 1. The van der Waals surface area contributed by atoms with Crippen LogP contribution in [0.15, 0.2) is 13.6 Å². The summed E-state index contributed by atoms with van der Waals surface area (Å²) in [6.45, 7) is 5.58. The highest BCUT2D eigenvalue weighted by atomic mass is 79.9. The van der Waals surface area contributed by atoms with Crippen molar-refractivity contribution in [1.82, 2.24) is 0 Å². The van der Waals surface area contributed by atoms with E-state index in [1.54, 1.807) is 11.3 Å². The fraction of sp³-hybridized carbons (Fsp3) is 0.636. The van der Waals surface area contributed by atoms with E-state index in [0.29, 0.717) is 19.8 Å². The van der Waals surface area contributed by atoms with Crippen LogP contribution in [-0.4, -0.2) is 25.1 Å². The van der Waals surface area contributed by atoms with Crippen LogP contribution in [0.4, 0.5) is 0 Å². The van der Waals surface area contributed by atoms with E-state index in [1.165, 1.54) is 0 Å². The molecule has 0 aromatic carbocycles. The van der Waals surface area contributed by atoms with E-state index >= 15 is 0 Å². The van der Waals surface area contributed by atoms with E-state index in [-0.39, 0.29) is 6.10 Å². The first-order valence-electron chi connectivity index (χ1n) is 5.29. The first-order chi connectivity index (χ1) is 7.96. The van der Waals surface area contributed by atoms with Gasteiger partial charge in [0.15, 0.2) is 5.79 Å². The Morgan fingerprint density at radius 3 is 2.82 bits per heavy atom. The lowest BCUT2D eigenvalue weighted by molar-refractivity contribution is -0.145. The largest absolute Gasteiger partial charge is 0.374 e. The van der Waals surface area contributed by atoms with E-state index < -0.39 is 5.79 Å². The zero-order valence-corrected chi connectivity index (χ0v) is 13.7. The predicted octanol–water partition coefficient (Wildman–Crippen LogP) is 3.94. The molecule has 1 fully saturated rings. The van der Waals surface area contributed by atoms with Crippen LogP contribution < -0.4 is 0 Å². The molecule has 3 nitrogen and oxygen atoms in total. The second-order valence-corrected chi connectivity index (χ2v) is 8.06. The molecule has 1 aliphatic heterocycles. The second-order valence-electron chi connectivity index (χ2n) is 4.32. The Hall–Kier alpha value is 0.540. The Bertz CT molecular complexity index is 392. The zero-order chi connectivity index (χ0) is 12.5. The molecule has 0 radical (unpaired) electrons. The van der Waals surface area contributed by atoms with Crippen LogP contribution in [0.1, 0.15) is 19.4 Å². The summed E-state index contributed by atoms with van der Waals surface area (Å²) < 4.78 is 19.0. The maximum Gasteiger partial charge on any atom is 0.163 e. The maximum absolute atomic E-state index is 5.66. The van der Waals surface area contributed by atoms with Crippen LogP contribution in [0.25, 0.3) is 0 Å². The van der Waals surface area contributed by atoms with Crippen LogP contribution in [0.2, 0.25) is 0 Å². The molecule has 96 valence electrons. The molecule has 1 aromatic rings. The number of ether oxygens (including phenoxy) is 3. The van der Waals surface area contributed by atoms with E-state index in [0.717, 1.165) is 13.1 Å². The van der Waals surface area contributed by atoms with Crippen molar-refractivity contribution in [3.63, 3.8) is 0 Å². The topological polar surface area (TPSA) is 27.7 Å². The van der Waals surface area contributed by atoms with Crippen LogP contribution in [0.3, 0.4) is 0 Å². The first-order valence-corrected chi connectivity index (χ1v) is 7.70. The Balaban J connectivity index is 1.75. The van der Waals surface area contributed by atoms with Gasteiger partial charge in [-0.25, -0.2) is 0 Å². The highest BCUT2D eigenvalue weighted by Gasteiger charge is 2.32. The molecule has 1 unspecified atom stereocenters. The highest BCUT2D eigenvalue weighted by molar-refractivity contribution is 9.12. The summed E-state index contributed by atoms with van der Waals surface area (Å²) in [6.07, 6.45) is 0.0332. The highest BCUT2D eigenvalue weighted by Crippen LogP contribution is 2.32. The van der Waals surface area contributed by atoms with Gasteiger partial charge < -0.3 is 14.2 Å². The fourth-order valence-electron chi connectivity index (χ4n) is 1.62. The Kier molecular flexibility index (Phi) is 4.66. The third-order valence-corrected chi connectivity index (χ3v) is 4.82. The summed E-state index contributed by atoms with van der Waals surface area (Å²) in [7, 11) is 0. The lowest BCUT2D eigenvalue weighted by Gasteiger charge is -2.17. The zero-order valence-electron chi connectivity index (χ0n) is 9.66. The van der Waals surface area contributed by atoms with Crippen molar-refractivity contribution >= 4 is 43.2 Å². The molecule has 2 rings (SSSR count). The van der Waals surface area contributed by atoms with Crippen molar-refractivity contribution < 1.29 is 14.2 Å². The van der Waals surface area contributed by atoms with Crippen molar-refractivity contribution in [1.29, 1.82) is 0 Å². The Labute approximate surface area is 122 Å². The van der Waals surface area contributed by atoms with Gasteiger partial charge in [0.2, 0.25) is 0 Å². The molecule has 0 amide bonds. The van der Waals surface area contributed by atoms with Crippen molar-refractivity contribution in [2.45, 2.75) is 32.3 Å². The quantitative estimate of drug-likeness (QED) is 0.785. The third-order valence-electron chi connectivity index (χ3n) is 2.36. The van der Waals surface area contributed by atoms with Gasteiger partial charge in [0.25, 0.3) is 0 Å². The van der Waals surface area contributed by atoms with E-state index in [4.69, 9.17) is 14.2 Å². The van der Waals surface area contributed by atoms with Crippen LogP contribution in [0, 0.1) is 0 Å². The molecule has 1 aromatic heterocycles. The lowest BCUT2D eigenvalue weighted by atomic mass is 10.3. The minimum atomic E-state index is -0.472. The molecule has 0 spiro atoms. The predicted molar refractivity (Wildman–Crippen MR) is 74.3 cm³/mol. The van der Waals surface area contributed by atoms with Crippen molar-refractivity contribution in [2.75, 3.05) is 13.2 Å². The summed E-state index contributed by atoms with van der Waals surface area (Å²) in [6, 6.07) is 2.06. The Morgan fingerprint density at radius 1 is 1.53 bits per heavy atom. The van der Waals surface area contributed by atoms with Crippen LogP contribution in [-0.2, 0) is 20.8 Å². The molecular weight excluding hydrogens is 372 g/mol. The molecule has 1 saturated heterocycles. The van der Waals surface area contributed by atoms with Gasteiger partial charge in [0, 0.05) is 5.56 Å². The molecule has 0 bridgehead atoms. The van der Waals surface area contributed by atoms with E-state index in [2.05, 4.69) is 37.9 Å². The average molecular weight is 386 g/mol. The normalized spacial score (nSPS) is 23.2. The van der Waals surface area contributed by atoms with Gasteiger partial charge in [0.05, 0.1) is 27.4 Å². The summed E-state index contributed by atoms with van der Waals surface area (Å²) in [5, 5.41) is 0. The number of rotatable bonds is 4. The molecule has 6 heteroatoms. The molecule has 2 heterocycles. The summed E-state index contributed by atoms with van der Waals surface area (Å²) in [5.41, 5.74) is 1.15. The molecule has 1 atom stereocenters. The van der Waals surface area contributed by atoms with Crippen molar-refractivity contribution in [3.8, 4) is 0 Å². The average Bonchev–Trinajstić information content (AvgIpc) is 2.71. The summed E-state index contributed by atoms with van der Waals surface area (Å²) in [5.74, 6) is -0.472. The van der Waals surface area contributed by atoms with Gasteiger partial charge in [0.1, 0.15) is 6.10 Å². The molecule has 0 N–H and O–H groups in total. The minimum Gasteiger partial charge on any atom is -0.374 e. The van der Waals surface area contributed by atoms with Crippen molar-refractivity contribution in [3.05, 3.63) is 19.2 Å². The standard InChI is InChI=1S/C11H14Br2O3S/c1-11(2)15-6-8(16-11)5-14-4-7-3-9(12)17-10(7)13/h3,8H,4-6H2,1-2H3. The summed E-state index contributed by atoms with van der Waals surface area (Å²) >= 11 is 8.59. The van der Waals surface area contributed by atoms with Gasteiger partial charge in [-0.05, 0) is 51.8 Å². The van der Waals surface area contributed by atoms with E-state index in [1.807, 2.05) is 13.8 Å². The first kappa shape index (κ1) is 14.0. The van der Waals surface area contributed by atoms with Gasteiger partial charge >= 0.3 is 0 Å². The number of hydrogen-bond donors (Lipinski definition) is 0. The molecule has 17 heavy (non-hydrogen) atoms. The molecule has 0 aliphatic carbocycles. The minimum absolute atomic E-state index is 0.0332. The third kappa shape index (κ3) is 4.01. The van der Waals surface area contributed by atoms with Crippen LogP contribution >= 0.6 is 43.2 Å². The molecule has 1 aliphatic rings. The van der Waals surface area contributed by atoms with Gasteiger partial charge in [-0.2, -0.15) is 0 Å². The summed E-state index contributed by atoms with van der Waals surface area (Å²) in [4.78, 5) is 0. The second kappa shape index (κ2) is 5.67. The maximum atomic E-state index is 5.66. The van der Waals surface area contributed by atoms with Gasteiger partial charge in [-0.1, -0.05) is 0 Å². The van der Waals surface area contributed by atoms with Gasteiger partial charge in [-0.15, -0.1) is 11.3 Å². The smallest absolute Gasteiger partial charge is 0.163 e. The lowest BCUT2D eigenvalue weighted by Crippen LogP contribution is -2.23. The Morgan fingerprint density at radius 2 is 2.29 bits per heavy atom. The number of halogens is 2. The monoisotopic (exact) mass is 384 g/mol. The van der Waals surface area contributed by atoms with Crippen molar-refractivity contribution in [2.24, 2.45) is 0 Å². The number of hydrogen-bond acceptors (Lipinski definition) is 4. The van der Waals surface area contributed by atoms with Gasteiger partial charge in [-0.3, -0.25) is 0 Å². The fourth-order valence-corrected chi connectivity index (χ4v) is 4.41. The van der Waals surface area contributed by atoms with E-state index in [9.17, 15) is 0 Å².